The zero-order valence-corrected chi connectivity index (χ0v) is 10.8. The third-order valence-corrected chi connectivity index (χ3v) is 2.84. The standard InChI is InChI=1S/C14H19NO3/c1-3-10-15(2)13(16)9-8-11-6-4-5-7-12(11)14(17)18/h4-7H,3,8-10H2,1-2H3,(H,17,18). The first-order chi connectivity index (χ1) is 8.56. The van der Waals surface area contributed by atoms with E-state index in [4.69, 9.17) is 5.11 Å². The summed E-state index contributed by atoms with van der Waals surface area (Å²) in [6.07, 6.45) is 1.74. The monoisotopic (exact) mass is 249 g/mol. The molecular weight excluding hydrogens is 230 g/mol. The van der Waals surface area contributed by atoms with Gasteiger partial charge in [-0.2, -0.15) is 0 Å². The lowest BCUT2D eigenvalue weighted by atomic mass is 10.0. The molecule has 0 saturated heterocycles. The van der Waals surface area contributed by atoms with Gasteiger partial charge < -0.3 is 10.0 Å². The molecule has 1 amide bonds. The van der Waals surface area contributed by atoms with Crippen molar-refractivity contribution in [2.45, 2.75) is 26.2 Å². The smallest absolute Gasteiger partial charge is 0.335 e. The lowest BCUT2D eigenvalue weighted by Gasteiger charge is -2.16. The number of carboxylic acid groups (broad SMARTS) is 1. The number of carbonyl (C=O) groups is 2. The van der Waals surface area contributed by atoms with Gasteiger partial charge in [-0.05, 0) is 24.5 Å². The van der Waals surface area contributed by atoms with Gasteiger partial charge in [0.25, 0.3) is 0 Å². The van der Waals surface area contributed by atoms with Crippen LogP contribution in [0.3, 0.4) is 0 Å². The van der Waals surface area contributed by atoms with Gasteiger partial charge in [-0.25, -0.2) is 4.79 Å². The third kappa shape index (κ3) is 3.87. The summed E-state index contributed by atoms with van der Waals surface area (Å²) >= 11 is 0. The molecule has 1 aromatic carbocycles. The van der Waals surface area contributed by atoms with Crippen LogP contribution in [-0.4, -0.2) is 35.5 Å². The van der Waals surface area contributed by atoms with Crippen LogP contribution in [0.1, 0.15) is 35.7 Å². The Kier molecular flexibility index (Phi) is 5.36. The van der Waals surface area contributed by atoms with Crippen LogP contribution in [0.4, 0.5) is 0 Å². The summed E-state index contributed by atoms with van der Waals surface area (Å²) < 4.78 is 0. The van der Waals surface area contributed by atoms with Gasteiger partial charge in [0, 0.05) is 20.0 Å². The van der Waals surface area contributed by atoms with Gasteiger partial charge >= 0.3 is 5.97 Å². The van der Waals surface area contributed by atoms with Gasteiger partial charge in [0.2, 0.25) is 5.91 Å². The molecule has 0 atom stereocenters. The lowest BCUT2D eigenvalue weighted by molar-refractivity contribution is -0.129. The van der Waals surface area contributed by atoms with Crippen molar-refractivity contribution in [2.24, 2.45) is 0 Å². The van der Waals surface area contributed by atoms with Crippen molar-refractivity contribution < 1.29 is 14.7 Å². The van der Waals surface area contributed by atoms with Crippen LogP contribution in [0.25, 0.3) is 0 Å². The molecule has 0 unspecified atom stereocenters. The van der Waals surface area contributed by atoms with E-state index in [-0.39, 0.29) is 11.5 Å². The van der Waals surface area contributed by atoms with Gasteiger partial charge in [-0.3, -0.25) is 4.79 Å². The molecule has 4 heteroatoms. The maximum atomic E-state index is 11.8. The average Bonchev–Trinajstić information content (AvgIpc) is 2.36. The molecule has 0 radical (unpaired) electrons. The number of nitrogens with zero attached hydrogens (tertiary/aromatic N) is 1. The Morgan fingerprint density at radius 3 is 2.56 bits per heavy atom. The highest BCUT2D eigenvalue weighted by Crippen LogP contribution is 2.11. The van der Waals surface area contributed by atoms with Crippen molar-refractivity contribution in [3.05, 3.63) is 35.4 Å². The molecular formula is C14H19NO3. The Bertz CT molecular complexity index is 429. The second-order valence-corrected chi connectivity index (χ2v) is 4.28. The van der Waals surface area contributed by atoms with Crippen molar-refractivity contribution in [3.63, 3.8) is 0 Å². The van der Waals surface area contributed by atoms with Crippen LogP contribution in [0.2, 0.25) is 0 Å². The molecule has 0 saturated carbocycles. The minimum absolute atomic E-state index is 0.0528. The second kappa shape index (κ2) is 6.79. The van der Waals surface area contributed by atoms with Crippen molar-refractivity contribution in [2.75, 3.05) is 13.6 Å². The largest absolute Gasteiger partial charge is 0.478 e. The Morgan fingerprint density at radius 2 is 1.94 bits per heavy atom. The van der Waals surface area contributed by atoms with Crippen LogP contribution < -0.4 is 0 Å². The summed E-state index contributed by atoms with van der Waals surface area (Å²) in [4.78, 5) is 24.5. The molecule has 0 heterocycles. The number of hydrogen-bond donors (Lipinski definition) is 1. The number of hydrogen-bond acceptors (Lipinski definition) is 2. The molecule has 0 aliphatic rings. The predicted molar refractivity (Wildman–Crippen MR) is 69.7 cm³/mol. The van der Waals surface area contributed by atoms with E-state index in [1.54, 1.807) is 36.2 Å². The summed E-state index contributed by atoms with van der Waals surface area (Å²) in [5.41, 5.74) is 0.992. The van der Waals surface area contributed by atoms with E-state index in [1.807, 2.05) is 6.92 Å². The first kappa shape index (κ1) is 14.2. The van der Waals surface area contributed by atoms with Crippen molar-refractivity contribution in [1.82, 2.24) is 4.90 Å². The highest BCUT2D eigenvalue weighted by atomic mass is 16.4. The number of aryl methyl sites for hydroxylation is 1. The fraction of sp³-hybridized carbons (Fsp3) is 0.429. The number of carbonyl (C=O) groups excluding carboxylic acids is 1. The highest BCUT2D eigenvalue weighted by molar-refractivity contribution is 5.89. The Balaban J connectivity index is 2.64. The molecule has 0 aliphatic heterocycles. The summed E-state index contributed by atoms with van der Waals surface area (Å²) in [6, 6.07) is 6.81. The number of aromatic carboxylic acids is 1. The Morgan fingerprint density at radius 1 is 1.28 bits per heavy atom. The molecule has 1 N–H and O–H groups in total. The summed E-state index contributed by atoms with van der Waals surface area (Å²) in [5.74, 6) is -0.892. The summed E-state index contributed by atoms with van der Waals surface area (Å²) in [5, 5.41) is 9.03. The van der Waals surface area contributed by atoms with E-state index in [0.29, 0.717) is 18.4 Å². The quantitative estimate of drug-likeness (QED) is 0.840. The van der Waals surface area contributed by atoms with Gasteiger partial charge in [0.05, 0.1) is 5.56 Å². The molecule has 0 spiro atoms. The van der Waals surface area contributed by atoms with E-state index >= 15 is 0 Å². The molecule has 0 fully saturated rings. The first-order valence-corrected chi connectivity index (χ1v) is 6.11. The second-order valence-electron chi connectivity index (χ2n) is 4.28. The minimum Gasteiger partial charge on any atom is -0.478 e. The van der Waals surface area contributed by atoms with Crippen LogP contribution in [0, 0.1) is 0 Å². The third-order valence-electron chi connectivity index (χ3n) is 2.84. The number of amides is 1. The SMILES string of the molecule is CCCN(C)C(=O)CCc1ccccc1C(=O)O. The number of rotatable bonds is 6. The summed E-state index contributed by atoms with van der Waals surface area (Å²) in [6.45, 7) is 2.75. The van der Waals surface area contributed by atoms with E-state index in [2.05, 4.69) is 0 Å². The molecule has 98 valence electrons. The van der Waals surface area contributed by atoms with Crippen LogP contribution in [0.5, 0.6) is 0 Å². The Hall–Kier alpha value is -1.84. The van der Waals surface area contributed by atoms with Crippen LogP contribution in [-0.2, 0) is 11.2 Å². The van der Waals surface area contributed by atoms with Crippen LogP contribution >= 0.6 is 0 Å². The van der Waals surface area contributed by atoms with E-state index < -0.39 is 5.97 Å². The minimum atomic E-state index is -0.944. The molecule has 1 aromatic rings. The highest BCUT2D eigenvalue weighted by Gasteiger charge is 2.12. The van der Waals surface area contributed by atoms with Gasteiger partial charge in [-0.1, -0.05) is 25.1 Å². The maximum Gasteiger partial charge on any atom is 0.335 e. The zero-order chi connectivity index (χ0) is 13.5. The molecule has 0 bridgehead atoms. The van der Waals surface area contributed by atoms with Crippen molar-refractivity contribution in [3.8, 4) is 0 Å². The molecule has 0 aliphatic carbocycles. The van der Waals surface area contributed by atoms with Crippen LogP contribution in [0.15, 0.2) is 24.3 Å². The number of benzene rings is 1. The summed E-state index contributed by atoms with van der Waals surface area (Å²) in [7, 11) is 1.77. The van der Waals surface area contributed by atoms with E-state index in [9.17, 15) is 9.59 Å². The first-order valence-electron chi connectivity index (χ1n) is 6.11. The van der Waals surface area contributed by atoms with E-state index in [1.165, 1.54) is 0 Å². The maximum absolute atomic E-state index is 11.8. The normalized spacial score (nSPS) is 10.1. The predicted octanol–water partition coefficient (Wildman–Crippen LogP) is 2.19. The van der Waals surface area contributed by atoms with Gasteiger partial charge in [0.15, 0.2) is 0 Å². The van der Waals surface area contributed by atoms with E-state index in [0.717, 1.165) is 13.0 Å². The topological polar surface area (TPSA) is 57.6 Å². The van der Waals surface area contributed by atoms with Gasteiger partial charge in [-0.15, -0.1) is 0 Å². The fourth-order valence-electron chi connectivity index (χ4n) is 1.84. The molecule has 18 heavy (non-hydrogen) atoms. The molecule has 0 aromatic heterocycles. The Labute approximate surface area is 107 Å². The molecule has 1 rings (SSSR count). The number of carboxylic acids is 1. The van der Waals surface area contributed by atoms with Gasteiger partial charge in [0.1, 0.15) is 0 Å². The van der Waals surface area contributed by atoms with Crippen molar-refractivity contribution >= 4 is 11.9 Å². The zero-order valence-electron chi connectivity index (χ0n) is 10.8. The fourth-order valence-corrected chi connectivity index (χ4v) is 1.84. The molecule has 4 nitrogen and oxygen atoms in total. The lowest BCUT2D eigenvalue weighted by Crippen LogP contribution is -2.27. The van der Waals surface area contributed by atoms with Crippen molar-refractivity contribution in [1.29, 1.82) is 0 Å². The average molecular weight is 249 g/mol.